The van der Waals surface area contributed by atoms with Crippen LogP contribution in [0.2, 0.25) is 0 Å². The lowest BCUT2D eigenvalue weighted by Crippen LogP contribution is -2.44. The van der Waals surface area contributed by atoms with Gasteiger partial charge in [-0.15, -0.1) is 0 Å². The van der Waals surface area contributed by atoms with Crippen LogP contribution in [0.1, 0.15) is 5.56 Å². The van der Waals surface area contributed by atoms with Gasteiger partial charge in [0.25, 0.3) is 0 Å². The number of piperazine rings is 1. The molecule has 1 fully saturated rings. The molecule has 3 rings (SSSR count). The molecule has 0 amide bonds. The summed E-state index contributed by atoms with van der Waals surface area (Å²) in [7, 11) is 2.16. The third-order valence-electron chi connectivity index (χ3n) is 3.57. The monoisotopic (exact) mass is 274 g/mol. The number of aryl methyl sites for hydroxylation is 1. The number of benzene rings is 1. The highest BCUT2D eigenvalue weighted by Crippen LogP contribution is 2.29. The van der Waals surface area contributed by atoms with Crippen LogP contribution in [0.25, 0.3) is 11.3 Å². The molecule has 4 nitrogen and oxygen atoms in total. The minimum absolute atomic E-state index is 1.03. The molecule has 0 bridgehead atoms. The van der Waals surface area contributed by atoms with Crippen molar-refractivity contribution in [1.82, 2.24) is 13.6 Å². The number of anilines is 1. The molecule has 0 spiro atoms. The molecule has 0 radical (unpaired) electrons. The highest BCUT2D eigenvalue weighted by Gasteiger charge is 2.21. The van der Waals surface area contributed by atoms with E-state index < -0.39 is 0 Å². The highest BCUT2D eigenvalue weighted by atomic mass is 32.1. The van der Waals surface area contributed by atoms with Gasteiger partial charge in [0.2, 0.25) is 0 Å². The van der Waals surface area contributed by atoms with Gasteiger partial charge in [0, 0.05) is 31.7 Å². The summed E-state index contributed by atoms with van der Waals surface area (Å²) in [6.45, 7) is 6.34. The first-order chi connectivity index (χ1) is 9.24. The largest absolute Gasteiger partial charge is 0.351 e. The van der Waals surface area contributed by atoms with Crippen LogP contribution in [0.5, 0.6) is 0 Å². The van der Waals surface area contributed by atoms with Gasteiger partial charge in [0.15, 0.2) is 5.82 Å². The fourth-order valence-corrected chi connectivity index (χ4v) is 2.97. The zero-order valence-corrected chi connectivity index (χ0v) is 12.2. The maximum atomic E-state index is 4.51. The topological polar surface area (TPSA) is 32.3 Å². The van der Waals surface area contributed by atoms with Crippen molar-refractivity contribution in [2.45, 2.75) is 6.92 Å². The number of nitrogens with zero attached hydrogens (tertiary/aromatic N) is 4. The smallest absolute Gasteiger partial charge is 0.170 e. The lowest BCUT2D eigenvalue weighted by molar-refractivity contribution is 0.312. The summed E-state index contributed by atoms with van der Waals surface area (Å²) in [5.74, 6) is 1.05. The maximum Gasteiger partial charge on any atom is 0.170 e. The van der Waals surface area contributed by atoms with E-state index in [1.165, 1.54) is 22.9 Å². The Kier molecular flexibility index (Phi) is 3.48. The minimum Gasteiger partial charge on any atom is -0.351 e. The first-order valence-corrected chi connectivity index (χ1v) is 7.30. The molecular weight excluding hydrogens is 256 g/mol. The van der Waals surface area contributed by atoms with Crippen molar-refractivity contribution in [3.05, 3.63) is 29.8 Å². The standard InChI is InChI=1S/C14H18N4S/c1-11-4-3-5-12(10-11)13-14(16-19-15-13)18-8-6-17(2)7-9-18/h3-5,10H,6-9H2,1-2H3. The van der Waals surface area contributed by atoms with Gasteiger partial charge >= 0.3 is 0 Å². The molecule has 1 aromatic carbocycles. The summed E-state index contributed by atoms with van der Waals surface area (Å²) in [6, 6.07) is 8.48. The van der Waals surface area contributed by atoms with E-state index in [1.807, 2.05) is 0 Å². The molecule has 0 aliphatic carbocycles. The van der Waals surface area contributed by atoms with Crippen LogP contribution in [0.3, 0.4) is 0 Å². The molecule has 0 saturated carbocycles. The Balaban J connectivity index is 1.90. The second-order valence-corrected chi connectivity index (χ2v) is 5.62. The number of aromatic nitrogens is 2. The van der Waals surface area contributed by atoms with E-state index in [0.717, 1.165) is 37.7 Å². The molecular formula is C14H18N4S. The third kappa shape index (κ3) is 2.62. The van der Waals surface area contributed by atoms with Crippen molar-refractivity contribution in [2.24, 2.45) is 0 Å². The van der Waals surface area contributed by atoms with Crippen LogP contribution in [0.15, 0.2) is 24.3 Å². The maximum absolute atomic E-state index is 4.51. The second-order valence-electron chi connectivity index (χ2n) is 5.10. The summed E-state index contributed by atoms with van der Waals surface area (Å²) < 4.78 is 9.01. The molecule has 100 valence electrons. The Labute approximate surface area is 118 Å². The number of likely N-dealkylation sites (N-methyl/N-ethyl adjacent to an activating group) is 1. The Bertz CT molecular complexity index is 558. The fourth-order valence-electron chi connectivity index (χ4n) is 2.38. The van der Waals surface area contributed by atoms with Crippen molar-refractivity contribution >= 4 is 17.5 Å². The predicted octanol–water partition coefficient (Wildman–Crippen LogP) is 2.27. The molecule has 19 heavy (non-hydrogen) atoms. The van der Waals surface area contributed by atoms with E-state index in [-0.39, 0.29) is 0 Å². The van der Waals surface area contributed by atoms with Gasteiger partial charge < -0.3 is 9.80 Å². The van der Waals surface area contributed by atoms with Crippen LogP contribution < -0.4 is 4.90 Å². The summed E-state index contributed by atoms with van der Waals surface area (Å²) >= 11 is 1.31. The lowest BCUT2D eigenvalue weighted by Gasteiger charge is -2.32. The van der Waals surface area contributed by atoms with Crippen LogP contribution in [-0.2, 0) is 0 Å². The molecule has 1 aliphatic rings. The Morgan fingerprint density at radius 1 is 1.11 bits per heavy atom. The van der Waals surface area contributed by atoms with Crippen LogP contribution in [0.4, 0.5) is 5.82 Å². The molecule has 0 unspecified atom stereocenters. The first kappa shape index (κ1) is 12.6. The third-order valence-corrected chi connectivity index (χ3v) is 4.08. The number of rotatable bonds is 2. The molecule has 0 N–H and O–H groups in total. The molecule has 2 aromatic rings. The quantitative estimate of drug-likeness (QED) is 0.841. The second kappa shape index (κ2) is 5.27. The van der Waals surface area contributed by atoms with E-state index in [1.54, 1.807) is 0 Å². The van der Waals surface area contributed by atoms with Crippen molar-refractivity contribution in [3.8, 4) is 11.3 Å². The Hall–Kier alpha value is -1.46. The number of hydrogen-bond donors (Lipinski definition) is 0. The first-order valence-electron chi connectivity index (χ1n) is 6.57. The normalized spacial score (nSPS) is 16.8. The zero-order valence-electron chi connectivity index (χ0n) is 11.3. The summed E-state index contributed by atoms with van der Waals surface area (Å²) in [4.78, 5) is 4.70. The van der Waals surface area contributed by atoms with Gasteiger partial charge in [-0.05, 0) is 20.0 Å². The summed E-state index contributed by atoms with van der Waals surface area (Å²) in [5.41, 5.74) is 3.45. The van der Waals surface area contributed by atoms with Gasteiger partial charge in [-0.2, -0.15) is 8.75 Å². The highest BCUT2D eigenvalue weighted by molar-refractivity contribution is 6.99. The van der Waals surface area contributed by atoms with E-state index in [0.29, 0.717) is 0 Å². The lowest BCUT2D eigenvalue weighted by atomic mass is 10.1. The van der Waals surface area contributed by atoms with Gasteiger partial charge in [-0.1, -0.05) is 23.8 Å². The summed E-state index contributed by atoms with van der Waals surface area (Å²) in [5, 5.41) is 0. The van der Waals surface area contributed by atoms with Gasteiger partial charge in [-0.25, -0.2) is 0 Å². The fraction of sp³-hybridized carbons (Fsp3) is 0.429. The van der Waals surface area contributed by atoms with Crippen molar-refractivity contribution < 1.29 is 0 Å². The van der Waals surface area contributed by atoms with E-state index >= 15 is 0 Å². The van der Waals surface area contributed by atoms with Crippen molar-refractivity contribution in [2.75, 3.05) is 38.1 Å². The molecule has 1 saturated heterocycles. The molecule has 5 heteroatoms. The SMILES string of the molecule is Cc1cccc(-c2nsnc2N2CCN(C)CC2)c1. The van der Waals surface area contributed by atoms with E-state index in [9.17, 15) is 0 Å². The predicted molar refractivity (Wildman–Crippen MR) is 79.8 cm³/mol. The minimum atomic E-state index is 1.03. The molecule has 0 atom stereocenters. The van der Waals surface area contributed by atoms with Gasteiger partial charge in [0.05, 0.1) is 11.7 Å². The van der Waals surface area contributed by atoms with Crippen LogP contribution in [0, 0.1) is 6.92 Å². The van der Waals surface area contributed by atoms with Crippen LogP contribution in [-0.4, -0.2) is 46.9 Å². The average molecular weight is 274 g/mol. The molecule has 1 aliphatic heterocycles. The zero-order chi connectivity index (χ0) is 13.2. The van der Waals surface area contributed by atoms with Gasteiger partial charge in [-0.3, -0.25) is 0 Å². The summed E-state index contributed by atoms with van der Waals surface area (Å²) in [6.07, 6.45) is 0. The van der Waals surface area contributed by atoms with Crippen LogP contribution >= 0.6 is 11.7 Å². The number of hydrogen-bond acceptors (Lipinski definition) is 5. The van der Waals surface area contributed by atoms with E-state index in [4.69, 9.17) is 0 Å². The van der Waals surface area contributed by atoms with Crippen molar-refractivity contribution in [3.63, 3.8) is 0 Å². The Morgan fingerprint density at radius 3 is 2.63 bits per heavy atom. The van der Waals surface area contributed by atoms with E-state index in [2.05, 4.69) is 56.8 Å². The average Bonchev–Trinajstić information content (AvgIpc) is 2.89. The molecule has 2 heterocycles. The van der Waals surface area contributed by atoms with Crippen molar-refractivity contribution in [1.29, 1.82) is 0 Å². The van der Waals surface area contributed by atoms with Gasteiger partial charge in [0.1, 0.15) is 5.69 Å². The molecule has 1 aromatic heterocycles. The Morgan fingerprint density at radius 2 is 1.89 bits per heavy atom.